The van der Waals surface area contributed by atoms with Crippen molar-refractivity contribution < 1.29 is 13.9 Å². The highest BCUT2D eigenvalue weighted by Gasteiger charge is 2.25. The number of likely N-dealkylation sites (tertiary alicyclic amines) is 1. The minimum Gasteiger partial charge on any atom is -0.471 e. The molecule has 1 aromatic heterocycles. The molecule has 0 aliphatic carbocycles. The van der Waals surface area contributed by atoms with E-state index in [1.54, 1.807) is 30.5 Å². The van der Waals surface area contributed by atoms with Crippen LogP contribution in [0.4, 0.5) is 4.39 Å². The van der Waals surface area contributed by atoms with Gasteiger partial charge >= 0.3 is 0 Å². The summed E-state index contributed by atoms with van der Waals surface area (Å²) in [5, 5.41) is 7.70. The van der Waals surface area contributed by atoms with Crippen molar-refractivity contribution in [3.63, 3.8) is 0 Å². The van der Waals surface area contributed by atoms with Crippen molar-refractivity contribution in [3.05, 3.63) is 48.4 Å². The number of carbonyl (C=O) groups is 1. The van der Waals surface area contributed by atoms with E-state index in [-0.39, 0.29) is 17.8 Å². The van der Waals surface area contributed by atoms with Gasteiger partial charge in [-0.25, -0.2) is 4.39 Å². The van der Waals surface area contributed by atoms with Crippen molar-refractivity contribution in [2.24, 2.45) is 0 Å². The summed E-state index contributed by atoms with van der Waals surface area (Å²) in [4.78, 5) is 15.1. The lowest BCUT2D eigenvalue weighted by Crippen LogP contribution is -2.45. The molecule has 7 heteroatoms. The van der Waals surface area contributed by atoms with Gasteiger partial charge in [0.2, 0.25) is 11.8 Å². The first-order valence-corrected chi connectivity index (χ1v) is 8.80. The van der Waals surface area contributed by atoms with Gasteiger partial charge in [0.25, 0.3) is 0 Å². The fourth-order valence-corrected chi connectivity index (χ4v) is 3.35. The predicted molar refractivity (Wildman–Crippen MR) is 89.4 cm³/mol. The van der Waals surface area contributed by atoms with Crippen LogP contribution in [0.3, 0.4) is 0 Å². The fraction of sp³-hybridized carbons (Fsp3) is 0.353. The SMILES string of the molecule is O=C(CSc1ccc(F)cc1)N1CCCC(Oc2cccnn2)C1. The number of nitrogens with zero attached hydrogens (tertiary/aromatic N) is 3. The summed E-state index contributed by atoms with van der Waals surface area (Å²) in [7, 11) is 0. The van der Waals surface area contributed by atoms with Crippen LogP contribution in [-0.4, -0.2) is 46.0 Å². The van der Waals surface area contributed by atoms with Crippen LogP contribution >= 0.6 is 11.8 Å². The van der Waals surface area contributed by atoms with Crippen LogP contribution in [0.2, 0.25) is 0 Å². The molecule has 1 saturated heterocycles. The van der Waals surface area contributed by atoms with Gasteiger partial charge in [0.1, 0.15) is 11.9 Å². The monoisotopic (exact) mass is 347 g/mol. The van der Waals surface area contributed by atoms with E-state index in [4.69, 9.17) is 4.74 Å². The van der Waals surface area contributed by atoms with Gasteiger partial charge in [0.15, 0.2) is 0 Å². The number of rotatable bonds is 5. The molecular formula is C17H18FN3O2S. The fourth-order valence-electron chi connectivity index (χ4n) is 2.55. The molecule has 0 bridgehead atoms. The Balaban J connectivity index is 1.50. The van der Waals surface area contributed by atoms with Gasteiger partial charge < -0.3 is 9.64 Å². The van der Waals surface area contributed by atoms with E-state index < -0.39 is 0 Å². The Morgan fingerprint density at radius 3 is 2.92 bits per heavy atom. The third-order valence-electron chi connectivity index (χ3n) is 3.74. The largest absolute Gasteiger partial charge is 0.471 e. The number of piperidine rings is 1. The summed E-state index contributed by atoms with van der Waals surface area (Å²) >= 11 is 1.42. The average Bonchev–Trinajstić information content (AvgIpc) is 2.62. The van der Waals surface area contributed by atoms with Crippen LogP contribution < -0.4 is 4.74 Å². The first-order valence-electron chi connectivity index (χ1n) is 7.81. The summed E-state index contributed by atoms with van der Waals surface area (Å²) in [6.07, 6.45) is 3.33. The van der Waals surface area contributed by atoms with Crippen molar-refractivity contribution in [1.29, 1.82) is 0 Å². The van der Waals surface area contributed by atoms with E-state index in [1.165, 1.54) is 23.9 Å². The van der Waals surface area contributed by atoms with Gasteiger partial charge in [-0.1, -0.05) is 0 Å². The quantitative estimate of drug-likeness (QED) is 0.779. The van der Waals surface area contributed by atoms with Crippen LogP contribution in [0.15, 0.2) is 47.5 Å². The van der Waals surface area contributed by atoms with Gasteiger partial charge in [0.05, 0.1) is 12.3 Å². The molecule has 1 unspecified atom stereocenters. The topological polar surface area (TPSA) is 55.3 Å². The molecule has 3 rings (SSSR count). The van der Waals surface area contributed by atoms with Crippen molar-refractivity contribution in [1.82, 2.24) is 15.1 Å². The lowest BCUT2D eigenvalue weighted by atomic mass is 10.1. The summed E-state index contributed by atoms with van der Waals surface area (Å²) in [6, 6.07) is 9.70. The zero-order chi connectivity index (χ0) is 16.8. The molecule has 2 heterocycles. The van der Waals surface area contributed by atoms with Gasteiger partial charge in [-0.15, -0.1) is 16.9 Å². The minimum absolute atomic E-state index is 0.0600. The summed E-state index contributed by atoms with van der Waals surface area (Å²) in [5.74, 6) is 0.615. The van der Waals surface area contributed by atoms with E-state index in [0.29, 0.717) is 18.2 Å². The second-order valence-electron chi connectivity index (χ2n) is 5.53. The number of carbonyl (C=O) groups excluding carboxylic acids is 1. The van der Waals surface area contributed by atoms with E-state index in [9.17, 15) is 9.18 Å². The van der Waals surface area contributed by atoms with E-state index >= 15 is 0 Å². The Bertz CT molecular complexity index is 669. The van der Waals surface area contributed by atoms with Crippen molar-refractivity contribution in [3.8, 4) is 5.88 Å². The number of hydrogen-bond acceptors (Lipinski definition) is 5. The highest BCUT2D eigenvalue weighted by molar-refractivity contribution is 8.00. The number of halogens is 1. The molecule has 5 nitrogen and oxygen atoms in total. The molecule has 24 heavy (non-hydrogen) atoms. The number of benzene rings is 1. The Morgan fingerprint density at radius 2 is 2.17 bits per heavy atom. The lowest BCUT2D eigenvalue weighted by molar-refractivity contribution is -0.130. The van der Waals surface area contributed by atoms with E-state index in [1.807, 2.05) is 4.90 Å². The van der Waals surface area contributed by atoms with E-state index in [2.05, 4.69) is 10.2 Å². The van der Waals surface area contributed by atoms with E-state index in [0.717, 1.165) is 24.3 Å². The minimum atomic E-state index is -0.272. The third kappa shape index (κ3) is 4.67. The second kappa shape index (κ2) is 8.10. The second-order valence-corrected chi connectivity index (χ2v) is 6.58. The number of hydrogen-bond donors (Lipinski definition) is 0. The predicted octanol–water partition coefficient (Wildman–Crippen LogP) is 2.78. The molecule has 0 N–H and O–H groups in total. The van der Waals surface area contributed by atoms with Crippen molar-refractivity contribution >= 4 is 17.7 Å². The molecule has 1 fully saturated rings. The van der Waals surface area contributed by atoms with Gasteiger partial charge in [-0.3, -0.25) is 4.79 Å². The van der Waals surface area contributed by atoms with Gasteiger partial charge in [-0.05, 0) is 43.2 Å². The Hall–Kier alpha value is -2.15. The van der Waals surface area contributed by atoms with Crippen molar-refractivity contribution in [2.45, 2.75) is 23.8 Å². The van der Waals surface area contributed by atoms with Gasteiger partial charge in [-0.2, -0.15) is 5.10 Å². The Morgan fingerprint density at radius 1 is 1.33 bits per heavy atom. The molecule has 1 atom stereocenters. The maximum Gasteiger partial charge on any atom is 0.233 e. The molecule has 126 valence electrons. The van der Waals surface area contributed by atoms with Crippen LogP contribution in [0.25, 0.3) is 0 Å². The normalized spacial score (nSPS) is 17.5. The molecule has 0 saturated carbocycles. The van der Waals surface area contributed by atoms with Crippen LogP contribution in [0.5, 0.6) is 5.88 Å². The number of amides is 1. The van der Waals surface area contributed by atoms with Gasteiger partial charge in [0, 0.05) is 23.7 Å². The maximum absolute atomic E-state index is 12.9. The highest BCUT2D eigenvalue weighted by Crippen LogP contribution is 2.21. The number of aromatic nitrogens is 2. The first-order chi connectivity index (χ1) is 11.7. The molecular weight excluding hydrogens is 329 g/mol. The molecule has 2 aromatic rings. The zero-order valence-electron chi connectivity index (χ0n) is 13.1. The average molecular weight is 347 g/mol. The third-order valence-corrected chi connectivity index (χ3v) is 4.74. The van der Waals surface area contributed by atoms with Crippen LogP contribution in [-0.2, 0) is 4.79 Å². The Labute approximate surface area is 144 Å². The molecule has 1 aliphatic rings. The molecule has 1 amide bonds. The van der Waals surface area contributed by atoms with Crippen molar-refractivity contribution in [2.75, 3.05) is 18.8 Å². The zero-order valence-corrected chi connectivity index (χ0v) is 13.9. The molecule has 0 spiro atoms. The molecule has 0 radical (unpaired) electrons. The number of ether oxygens (including phenoxy) is 1. The molecule has 1 aliphatic heterocycles. The Kier molecular flexibility index (Phi) is 5.63. The first kappa shape index (κ1) is 16.7. The standard InChI is InChI=1S/C17H18FN3O2S/c18-13-5-7-15(8-6-13)24-12-17(22)21-10-2-3-14(11-21)23-16-4-1-9-19-20-16/h1,4-9,14H,2-3,10-12H2. The highest BCUT2D eigenvalue weighted by atomic mass is 32.2. The summed E-state index contributed by atoms with van der Waals surface area (Å²) in [6.45, 7) is 1.29. The van der Waals surface area contributed by atoms with Crippen LogP contribution in [0.1, 0.15) is 12.8 Å². The summed E-state index contributed by atoms with van der Waals surface area (Å²) < 4.78 is 18.7. The lowest BCUT2D eigenvalue weighted by Gasteiger charge is -2.32. The summed E-state index contributed by atoms with van der Waals surface area (Å²) in [5.41, 5.74) is 0. The smallest absolute Gasteiger partial charge is 0.233 e. The maximum atomic E-state index is 12.9. The van der Waals surface area contributed by atoms with Crippen LogP contribution in [0, 0.1) is 5.82 Å². The number of thioether (sulfide) groups is 1. The molecule has 1 aromatic carbocycles.